The number of nitrogens with one attached hydrogen (secondary N) is 1. The summed E-state index contributed by atoms with van der Waals surface area (Å²) in [6, 6.07) is 4.28. The van der Waals surface area contributed by atoms with Gasteiger partial charge in [0, 0.05) is 26.2 Å². The van der Waals surface area contributed by atoms with Gasteiger partial charge in [0.05, 0.1) is 6.04 Å². The molecule has 2 N–H and O–H groups in total. The summed E-state index contributed by atoms with van der Waals surface area (Å²) in [5.74, 6) is 1.68. The Hall–Kier alpha value is -0.260. The first kappa shape index (κ1) is 19.7. The van der Waals surface area contributed by atoms with E-state index in [4.69, 9.17) is 9.52 Å². The Balaban J connectivity index is 0.00000180. The van der Waals surface area contributed by atoms with Gasteiger partial charge in [-0.3, -0.25) is 4.90 Å². The predicted octanol–water partition coefficient (Wildman–Crippen LogP) is 2.75. The third-order valence-corrected chi connectivity index (χ3v) is 3.59. The number of hydrogen-bond donors (Lipinski definition) is 2. The number of aliphatic hydroxyl groups excluding tert-OH is 1. The van der Waals surface area contributed by atoms with E-state index in [1.165, 1.54) is 12.8 Å². The van der Waals surface area contributed by atoms with Crippen molar-refractivity contribution in [1.82, 2.24) is 10.2 Å². The fraction of sp³-hybridized carbons (Fsp3) is 0.714. The van der Waals surface area contributed by atoms with Crippen LogP contribution in [-0.4, -0.2) is 36.2 Å². The predicted molar refractivity (Wildman–Crippen MR) is 85.8 cm³/mol. The van der Waals surface area contributed by atoms with Gasteiger partial charge >= 0.3 is 0 Å². The molecule has 118 valence electrons. The van der Waals surface area contributed by atoms with Crippen LogP contribution in [0, 0.1) is 0 Å². The second kappa shape index (κ2) is 10.5. The average Bonchev–Trinajstić information content (AvgIpc) is 2.89. The molecule has 1 aliphatic heterocycles. The monoisotopic (exact) mass is 324 g/mol. The molecule has 2 heterocycles. The van der Waals surface area contributed by atoms with Crippen molar-refractivity contribution < 1.29 is 9.52 Å². The van der Waals surface area contributed by atoms with Gasteiger partial charge in [0.25, 0.3) is 0 Å². The van der Waals surface area contributed by atoms with Crippen LogP contribution in [0.5, 0.6) is 0 Å². The fourth-order valence-electron chi connectivity index (χ4n) is 2.55. The third kappa shape index (κ3) is 5.26. The van der Waals surface area contributed by atoms with Gasteiger partial charge in [0.15, 0.2) is 0 Å². The zero-order chi connectivity index (χ0) is 12.8. The molecular weight excluding hydrogens is 299 g/mol. The number of aliphatic hydroxyl groups is 1. The third-order valence-electron chi connectivity index (χ3n) is 3.59. The Bertz CT molecular complexity index is 355. The first-order valence-corrected chi connectivity index (χ1v) is 6.99. The molecule has 0 amide bonds. The van der Waals surface area contributed by atoms with Gasteiger partial charge in [-0.25, -0.2) is 0 Å². The molecule has 0 aliphatic carbocycles. The standard InChI is InChI=1S/C14H24N2O2.2ClH/c1-2-3-4-13(16-9-7-15-8-10-16)14-6-5-12(11-17)18-14;;/h5-6,13,15,17H,2-4,7-11H2,1H3;2*1H/t13-;;/m1../s1. The second-order valence-electron chi connectivity index (χ2n) is 4.91. The summed E-state index contributed by atoms with van der Waals surface area (Å²) in [6.07, 6.45) is 3.55. The molecule has 4 nitrogen and oxygen atoms in total. The van der Waals surface area contributed by atoms with Gasteiger partial charge in [-0.15, -0.1) is 24.8 Å². The van der Waals surface area contributed by atoms with Gasteiger partial charge in [-0.1, -0.05) is 19.8 Å². The minimum absolute atomic E-state index is 0. The molecule has 0 spiro atoms. The Kier molecular flexibility index (Phi) is 10.3. The van der Waals surface area contributed by atoms with Gasteiger partial charge in [0.2, 0.25) is 0 Å². The Labute approximate surface area is 133 Å². The van der Waals surface area contributed by atoms with Crippen LogP contribution in [0.2, 0.25) is 0 Å². The van der Waals surface area contributed by atoms with Crippen LogP contribution in [0.3, 0.4) is 0 Å². The first-order valence-electron chi connectivity index (χ1n) is 6.99. The van der Waals surface area contributed by atoms with Crippen LogP contribution < -0.4 is 5.32 Å². The van der Waals surface area contributed by atoms with E-state index < -0.39 is 0 Å². The number of furan rings is 1. The highest BCUT2D eigenvalue weighted by atomic mass is 35.5. The van der Waals surface area contributed by atoms with E-state index in [2.05, 4.69) is 17.1 Å². The van der Waals surface area contributed by atoms with Gasteiger partial charge in [-0.05, 0) is 18.6 Å². The maximum absolute atomic E-state index is 9.10. The average molecular weight is 325 g/mol. The van der Waals surface area contributed by atoms with Crippen molar-refractivity contribution in [2.24, 2.45) is 0 Å². The fourth-order valence-corrected chi connectivity index (χ4v) is 2.55. The second-order valence-corrected chi connectivity index (χ2v) is 4.91. The molecule has 1 aromatic heterocycles. The smallest absolute Gasteiger partial charge is 0.129 e. The van der Waals surface area contributed by atoms with Crippen LogP contribution in [0.15, 0.2) is 16.5 Å². The van der Waals surface area contributed by atoms with Crippen molar-refractivity contribution >= 4 is 24.8 Å². The molecule has 20 heavy (non-hydrogen) atoms. The molecule has 1 aromatic rings. The van der Waals surface area contributed by atoms with E-state index in [0.717, 1.165) is 38.4 Å². The van der Waals surface area contributed by atoms with Crippen molar-refractivity contribution in [3.8, 4) is 0 Å². The van der Waals surface area contributed by atoms with Crippen molar-refractivity contribution in [1.29, 1.82) is 0 Å². The summed E-state index contributed by atoms with van der Waals surface area (Å²) in [6.45, 7) is 6.46. The number of rotatable bonds is 6. The highest BCUT2D eigenvalue weighted by molar-refractivity contribution is 5.85. The zero-order valence-electron chi connectivity index (χ0n) is 12.0. The molecule has 0 aromatic carbocycles. The topological polar surface area (TPSA) is 48.6 Å². The van der Waals surface area contributed by atoms with Crippen LogP contribution in [0.25, 0.3) is 0 Å². The normalized spacial score (nSPS) is 17.1. The summed E-state index contributed by atoms with van der Waals surface area (Å²) < 4.78 is 5.73. The van der Waals surface area contributed by atoms with E-state index in [0.29, 0.717) is 11.8 Å². The SMILES string of the molecule is CCCC[C@H](c1ccc(CO)o1)N1CCNCC1.Cl.Cl. The molecule has 0 radical (unpaired) electrons. The van der Waals surface area contributed by atoms with Crippen molar-refractivity contribution in [3.05, 3.63) is 23.7 Å². The van der Waals surface area contributed by atoms with Gasteiger partial charge in [0.1, 0.15) is 18.1 Å². The zero-order valence-corrected chi connectivity index (χ0v) is 13.6. The van der Waals surface area contributed by atoms with E-state index in [-0.39, 0.29) is 31.4 Å². The van der Waals surface area contributed by atoms with Crippen molar-refractivity contribution in [3.63, 3.8) is 0 Å². The van der Waals surface area contributed by atoms with Gasteiger partial charge in [-0.2, -0.15) is 0 Å². The quantitative estimate of drug-likeness (QED) is 0.844. The van der Waals surface area contributed by atoms with Crippen LogP contribution in [-0.2, 0) is 6.61 Å². The summed E-state index contributed by atoms with van der Waals surface area (Å²) in [5, 5.41) is 12.5. The number of unbranched alkanes of at least 4 members (excludes halogenated alkanes) is 1. The Morgan fingerprint density at radius 1 is 1.30 bits per heavy atom. The molecule has 1 fully saturated rings. The van der Waals surface area contributed by atoms with Crippen molar-refractivity contribution in [2.75, 3.05) is 26.2 Å². The number of hydrogen-bond acceptors (Lipinski definition) is 4. The van der Waals surface area contributed by atoms with E-state index >= 15 is 0 Å². The van der Waals surface area contributed by atoms with E-state index in [9.17, 15) is 0 Å². The molecule has 2 rings (SSSR count). The maximum atomic E-state index is 9.10. The minimum atomic E-state index is -0.0119. The highest BCUT2D eigenvalue weighted by Gasteiger charge is 2.24. The lowest BCUT2D eigenvalue weighted by Crippen LogP contribution is -2.45. The Morgan fingerprint density at radius 2 is 2.00 bits per heavy atom. The summed E-state index contributed by atoms with van der Waals surface area (Å²) in [7, 11) is 0. The van der Waals surface area contributed by atoms with E-state index in [1.807, 2.05) is 12.1 Å². The lowest BCUT2D eigenvalue weighted by atomic mass is 10.0. The number of piperazine rings is 1. The highest BCUT2D eigenvalue weighted by Crippen LogP contribution is 2.28. The van der Waals surface area contributed by atoms with E-state index in [1.54, 1.807) is 0 Å². The summed E-state index contributed by atoms with van der Waals surface area (Å²) >= 11 is 0. The molecule has 1 saturated heterocycles. The van der Waals surface area contributed by atoms with Gasteiger partial charge < -0.3 is 14.8 Å². The molecular formula is C14H26Cl2N2O2. The first-order chi connectivity index (χ1) is 8.85. The lowest BCUT2D eigenvalue weighted by Gasteiger charge is -2.33. The van der Waals surface area contributed by atoms with Crippen LogP contribution in [0.4, 0.5) is 0 Å². The molecule has 0 unspecified atom stereocenters. The summed E-state index contributed by atoms with van der Waals surface area (Å²) in [5.41, 5.74) is 0. The largest absolute Gasteiger partial charge is 0.462 e. The maximum Gasteiger partial charge on any atom is 0.129 e. The van der Waals surface area contributed by atoms with Crippen LogP contribution >= 0.6 is 24.8 Å². The molecule has 6 heteroatoms. The van der Waals surface area contributed by atoms with Crippen LogP contribution in [0.1, 0.15) is 43.7 Å². The molecule has 0 saturated carbocycles. The molecule has 1 aliphatic rings. The number of halogens is 2. The number of nitrogens with zero attached hydrogens (tertiary/aromatic N) is 1. The molecule has 0 bridgehead atoms. The summed E-state index contributed by atoms with van der Waals surface area (Å²) in [4.78, 5) is 2.49. The van der Waals surface area contributed by atoms with Crippen molar-refractivity contribution in [2.45, 2.75) is 38.8 Å². The molecule has 1 atom stereocenters. The minimum Gasteiger partial charge on any atom is -0.462 e. The Morgan fingerprint density at radius 3 is 2.55 bits per heavy atom. The lowest BCUT2D eigenvalue weighted by molar-refractivity contribution is 0.139.